The molecule has 0 saturated heterocycles. The summed E-state index contributed by atoms with van der Waals surface area (Å²) >= 11 is 1.45. The summed E-state index contributed by atoms with van der Waals surface area (Å²) in [5.74, 6) is 0.497. The lowest BCUT2D eigenvalue weighted by Crippen LogP contribution is -1.87. The van der Waals surface area contributed by atoms with E-state index >= 15 is 0 Å². The molecule has 78 valence electrons. The van der Waals surface area contributed by atoms with Crippen LogP contribution in [0.15, 0.2) is 33.8 Å². The second kappa shape index (κ2) is 3.86. The number of aromatic nitrogens is 1. The molecule has 1 aromatic carbocycles. The molecule has 0 saturated carbocycles. The van der Waals surface area contributed by atoms with Gasteiger partial charge in [-0.25, -0.2) is 0 Å². The van der Waals surface area contributed by atoms with Gasteiger partial charge in [0.05, 0.1) is 16.7 Å². The number of anilines is 1. The first kappa shape index (κ1) is 9.92. The zero-order valence-electron chi connectivity index (χ0n) is 8.10. The van der Waals surface area contributed by atoms with Gasteiger partial charge in [0.15, 0.2) is 0 Å². The molecule has 0 unspecified atom stereocenters. The molecule has 0 radical (unpaired) electrons. The molecular formula is C10H10N2O2S. The van der Waals surface area contributed by atoms with Crippen LogP contribution in [-0.2, 0) is 0 Å². The molecule has 0 spiro atoms. The summed E-state index contributed by atoms with van der Waals surface area (Å²) < 4.78 is 4.80. The summed E-state index contributed by atoms with van der Waals surface area (Å²) in [6.07, 6.45) is 3.44. The molecule has 5 heteroatoms. The van der Waals surface area contributed by atoms with Crippen molar-refractivity contribution in [1.29, 1.82) is 0 Å². The number of aromatic hydroxyl groups is 1. The van der Waals surface area contributed by atoms with Crippen LogP contribution in [0.5, 0.6) is 5.75 Å². The molecule has 0 fully saturated rings. The highest BCUT2D eigenvalue weighted by Crippen LogP contribution is 2.38. The largest absolute Gasteiger partial charge is 0.507 e. The normalized spacial score (nSPS) is 10.5. The van der Waals surface area contributed by atoms with E-state index in [0.717, 1.165) is 10.5 Å². The Labute approximate surface area is 91.1 Å². The number of thioether (sulfide) groups is 1. The van der Waals surface area contributed by atoms with Crippen LogP contribution in [0.4, 0.5) is 5.88 Å². The fourth-order valence-corrected chi connectivity index (χ4v) is 2.08. The van der Waals surface area contributed by atoms with Gasteiger partial charge in [-0.2, -0.15) is 0 Å². The smallest absolute Gasteiger partial charge is 0.229 e. The highest BCUT2D eigenvalue weighted by atomic mass is 32.2. The van der Waals surface area contributed by atoms with E-state index in [1.54, 1.807) is 18.3 Å². The Kier molecular flexibility index (Phi) is 2.55. The summed E-state index contributed by atoms with van der Waals surface area (Å²) in [5.41, 5.74) is 7.16. The first-order valence-corrected chi connectivity index (χ1v) is 5.53. The van der Waals surface area contributed by atoms with Gasteiger partial charge >= 0.3 is 0 Å². The van der Waals surface area contributed by atoms with Gasteiger partial charge in [-0.05, 0) is 12.3 Å². The van der Waals surface area contributed by atoms with Crippen LogP contribution in [0.1, 0.15) is 0 Å². The molecule has 0 aliphatic heterocycles. The Hall–Kier alpha value is -1.62. The van der Waals surface area contributed by atoms with Crippen molar-refractivity contribution < 1.29 is 9.63 Å². The van der Waals surface area contributed by atoms with Crippen LogP contribution in [0, 0.1) is 0 Å². The molecule has 0 atom stereocenters. The van der Waals surface area contributed by atoms with Gasteiger partial charge < -0.3 is 15.4 Å². The molecule has 4 nitrogen and oxygen atoms in total. The van der Waals surface area contributed by atoms with Gasteiger partial charge in [0.2, 0.25) is 5.88 Å². The molecule has 0 aliphatic rings. The fraction of sp³-hybridized carbons (Fsp3) is 0.100. The van der Waals surface area contributed by atoms with Gasteiger partial charge in [-0.15, -0.1) is 11.8 Å². The van der Waals surface area contributed by atoms with Crippen LogP contribution < -0.4 is 5.73 Å². The maximum absolute atomic E-state index is 9.67. The number of hydrogen-bond acceptors (Lipinski definition) is 5. The number of nitrogens with two attached hydrogens (primary N) is 1. The van der Waals surface area contributed by atoms with E-state index in [-0.39, 0.29) is 11.6 Å². The van der Waals surface area contributed by atoms with Crippen molar-refractivity contribution in [1.82, 2.24) is 5.16 Å². The van der Waals surface area contributed by atoms with Gasteiger partial charge in [-0.1, -0.05) is 17.3 Å². The second-order valence-corrected chi connectivity index (χ2v) is 3.78. The third-order valence-corrected chi connectivity index (χ3v) is 2.92. The van der Waals surface area contributed by atoms with Crippen molar-refractivity contribution in [3.05, 3.63) is 24.4 Å². The highest BCUT2D eigenvalue weighted by molar-refractivity contribution is 7.98. The van der Waals surface area contributed by atoms with Gasteiger partial charge in [0.25, 0.3) is 0 Å². The maximum atomic E-state index is 9.67. The fourth-order valence-electron chi connectivity index (χ4n) is 1.40. The zero-order chi connectivity index (χ0) is 10.8. The molecule has 0 aliphatic carbocycles. The number of phenolic OH excluding ortho intramolecular Hbond substituents is 1. The van der Waals surface area contributed by atoms with Crippen LogP contribution in [0.3, 0.4) is 0 Å². The minimum atomic E-state index is 0.237. The van der Waals surface area contributed by atoms with E-state index in [1.165, 1.54) is 11.8 Å². The van der Waals surface area contributed by atoms with E-state index in [0.29, 0.717) is 5.56 Å². The van der Waals surface area contributed by atoms with Crippen LogP contribution in [0.25, 0.3) is 11.1 Å². The lowest BCUT2D eigenvalue weighted by molar-refractivity contribution is 0.436. The minimum absolute atomic E-state index is 0.237. The van der Waals surface area contributed by atoms with Crippen molar-refractivity contribution in [3.63, 3.8) is 0 Å². The number of hydrogen-bond donors (Lipinski definition) is 2. The SMILES string of the molecule is CSc1c(O)cccc1-c1cnoc1N. The lowest BCUT2D eigenvalue weighted by atomic mass is 10.1. The minimum Gasteiger partial charge on any atom is -0.507 e. The van der Waals surface area contributed by atoms with E-state index in [1.807, 2.05) is 12.3 Å². The molecule has 1 aromatic heterocycles. The average molecular weight is 222 g/mol. The van der Waals surface area contributed by atoms with Crippen LogP contribution in [-0.4, -0.2) is 16.5 Å². The van der Waals surface area contributed by atoms with E-state index < -0.39 is 0 Å². The number of benzene rings is 1. The summed E-state index contributed by atoms with van der Waals surface area (Å²) in [7, 11) is 0. The monoisotopic (exact) mass is 222 g/mol. The third-order valence-electron chi connectivity index (χ3n) is 2.09. The van der Waals surface area contributed by atoms with Gasteiger partial charge in [0, 0.05) is 5.56 Å². The first-order chi connectivity index (χ1) is 7.24. The molecule has 2 aromatic rings. The van der Waals surface area contributed by atoms with Crippen LogP contribution in [0.2, 0.25) is 0 Å². The number of phenols is 1. The van der Waals surface area contributed by atoms with Crippen molar-refractivity contribution in [2.75, 3.05) is 12.0 Å². The molecule has 0 bridgehead atoms. The van der Waals surface area contributed by atoms with Crippen LogP contribution >= 0.6 is 11.8 Å². The molecule has 1 heterocycles. The Morgan fingerprint density at radius 1 is 1.40 bits per heavy atom. The topological polar surface area (TPSA) is 72.3 Å². The highest BCUT2D eigenvalue weighted by Gasteiger charge is 2.13. The summed E-state index contributed by atoms with van der Waals surface area (Å²) in [6, 6.07) is 5.27. The Morgan fingerprint density at radius 2 is 2.20 bits per heavy atom. The molecule has 3 N–H and O–H groups in total. The van der Waals surface area contributed by atoms with Crippen molar-refractivity contribution in [2.45, 2.75) is 4.90 Å². The average Bonchev–Trinajstić information content (AvgIpc) is 2.64. The summed E-state index contributed by atoms with van der Waals surface area (Å²) in [6.45, 7) is 0. The van der Waals surface area contributed by atoms with Crippen molar-refractivity contribution >= 4 is 17.6 Å². The first-order valence-electron chi connectivity index (χ1n) is 4.30. The van der Waals surface area contributed by atoms with E-state index in [9.17, 15) is 5.11 Å². The number of rotatable bonds is 2. The standard InChI is InChI=1S/C10H10N2O2S/c1-15-9-6(3-2-4-8(9)13)7-5-12-14-10(7)11/h2-5,13H,11H2,1H3. The Balaban J connectivity index is 2.63. The number of nitrogen functional groups attached to an aromatic ring is 1. The van der Waals surface area contributed by atoms with E-state index in [2.05, 4.69) is 5.16 Å². The molecule has 0 amide bonds. The lowest BCUT2D eigenvalue weighted by Gasteiger charge is -2.06. The predicted octanol–water partition coefficient (Wildman–Crippen LogP) is 2.35. The van der Waals surface area contributed by atoms with Crippen molar-refractivity contribution in [3.8, 4) is 16.9 Å². The molecular weight excluding hydrogens is 212 g/mol. The quantitative estimate of drug-likeness (QED) is 0.763. The molecule has 2 rings (SSSR count). The Morgan fingerprint density at radius 3 is 2.80 bits per heavy atom. The Bertz CT molecular complexity index is 482. The molecule has 15 heavy (non-hydrogen) atoms. The number of nitrogens with zero attached hydrogens (tertiary/aromatic N) is 1. The summed E-state index contributed by atoms with van der Waals surface area (Å²) in [4.78, 5) is 0.771. The third kappa shape index (κ3) is 1.66. The maximum Gasteiger partial charge on any atom is 0.229 e. The second-order valence-electron chi connectivity index (χ2n) is 2.96. The van der Waals surface area contributed by atoms with E-state index in [4.69, 9.17) is 10.3 Å². The summed E-state index contributed by atoms with van der Waals surface area (Å²) in [5, 5.41) is 13.3. The van der Waals surface area contributed by atoms with Gasteiger partial charge in [-0.3, -0.25) is 0 Å². The predicted molar refractivity (Wildman–Crippen MR) is 59.8 cm³/mol. The van der Waals surface area contributed by atoms with Gasteiger partial charge in [0.1, 0.15) is 5.75 Å². The zero-order valence-corrected chi connectivity index (χ0v) is 8.91. The van der Waals surface area contributed by atoms with Crippen molar-refractivity contribution in [2.24, 2.45) is 0 Å².